The van der Waals surface area contributed by atoms with Crippen molar-refractivity contribution in [3.63, 3.8) is 0 Å². The molecule has 0 aliphatic carbocycles. The van der Waals surface area contributed by atoms with E-state index in [4.69, 9.17) is 0 Å². The SMILES string of the molecule is O=c1[nH]cnc2c1cc(Br)n2-c1ccccc1. The lowest BCUT2D eigenvalue weighted by Crippen LogP contribution is -2.06. The molecule has 3 rings (SSSR count). The molecule has 0 aliphatic heterocycles. The Balaban J connectivity index is 2.41. The lowest BCUT2D eigenvalue weighted by molar-refractivity contribution is 1.04. The molecule has 1 aromatic carbocycles. The minimum absolute atomic E-state index is 0.134. The molecule has 1 N–H and O–H groups in total. The zero-order valence-electron chi connectivity index (χ0n) is 8.72. The molecule has 0 spiro atoms. The van der Waals surface area contributed by atoms with Crippen molar-refractivity contribution >= 4 is 27.0 Å². The second-order valence-electron chi connectivity index (χ2n) is 3.61. The molecule has 17 heavy (non-hydrogen) atoms. The maximum Gasteiger partial charge on any atom is 0.260 e. The van der Waals surface area contributed by atoms with E-state index in [1.165, 1.54) is 6.33 Å². The van der Waals surface area contributed by atoms with Crippen LogP contribution in [-0.2, 0) is 0 Å². The summed E-state index contributed by atoms with van der Waals surface area (Å²) in [6.07, 6.45) is 1.41. The predicted molar refractivity (Wildman–Crippen MR) is 69.4 cm³/mol. The fourth-order valence-corrected chi connectivity index (χ4v) is 2.42. The summed E-state index contributed by atoms with van der Waals surface area (Å²) >= 11 is 3.45. The van der Waals surface area contributed by atoms with Crippen LogP contribution >= 0.6 is 15.9 Å². The Morgan fingerprint density at radius 3 is 2.76 bits per heavy atom. The highest BCUT2D eigenvalue weighted by Crippen LogP contribution is 2.24. The summed E-state index contributed by atoms with van der Waals surface area (Å²) in [6.45, 7) is 0. The molecule has 0 saturated heterocycles. The van der Waals surface area contributed by atoms with E-state index in [9.17, 15) is 4.79 Å². The molecule has 0 fully saturated rings. The molecule has 2 heterocycles. The van der Waals surface area contributed by atoms with Crippen molar-refractivity contribution in [2.45, 2.75) is 0 Å². The Morgan fingerprint density at radius 2 is 2.00 bits per heavy atom. The van der Waals surface area contributed by atoms with Gasteiger partial charge in [0.15, 0.2) is 5.65 Å². The number of aromatic nitrogens is 3. The second-order valence-corrected chi connectivity index (χ2v) is 4.42. The van der Waals surface area contributed by atoms with Crippen LogP contribution in [0.2, 0.25) is 0 Å². The minimum atomic E-state index is -0.134. The Bertz CT molecular complexity index is 730. The number of hydrogen-bond acceptors (Lipinski definition) is 2. The summed E-state index contributed by atoms with van der Waals surface area (Å²) in [4.78, 5) is 18.4. The summed E-state index contributed by atoms with van der Waals surface area (Å²) in [5, 5.41) is 0.572. The molecule has 2 aromatic heterocycles. The molecule has 0 radical (unpaired) electrons. The maximum absolute atomic E-state index is 11.6. The van der Waals surface area contributed by atoms with Crippen LogP contribution in [0.15, 0.2) is 52.1 Å². The van der Waals surface area contributed by atoms with Gasteiger partial charge in [0.2, 0.25) is 0 Å². The summed E-state index contributed by atoms with van der Waals surface area (Å²) in [6, 6.07) is 11.5. The monoisotopic (exact) mass is 289 g/mol. The van der Waals surface area contributed by atoms with E-state index in [-0.39, 0.29) is 5.56 Å². The van der Waals surface area contributed by atoms with Crippen molar-refractivity contribution in [2.75, 3.05) is 0 Å². The van der Waals surface area contributed by atoms with Crippen LogP contribution in [0, 0.1) is 0 Å². The predicted octanol–water partition coefficient (Wildman–Crippen LogP) is 2.48. The number of para-hydroxylation sites is 1. The first kappa shape index (κ1) is 10.3. The van der Waals surface area contributed by atoms with E-state index >= 15 is 0 Å². The van der Waals surface area contributed by atoms with Crippen molar-refractivity contribution in [1.29, 1.82) is 0 Å². The number of nitrogens with zero attached hydrogens (tertiary/aromatic N) is 2. The van der Waals surface area contributed by atoms with Crippen molar-refractivity contribution in [3.05, 3.63) is 57.7 Å². The molecule has 0 bridgehead atoms. The van der Waals surface area contributed by atoms with Gasteiger partial charge in [0.1, 0.15) is 0 Å². The Kier molecular flexibility index (Phi) is 2.33. The normalized spacial score (nSPS) is 10.9. The van der Waals surface area contributed by atoms with Gasteiger partial charge in [0.25, 0.3) is 5.56 Å². The van der Waals surface area contributed by atoms with Gasteiger partial charge in [-0.2, -0.15) is 0 Å². The summed E-state index contributed by atoms with van der Waals surface area (Å²) in [5.74, 6) is 0. The van der Waals surface area contributed by atoms with Crippen LogP contribution < -0.4 is 5.56 Å². The van der Waals surface area contributed by atoms with Gasteiger partial charge in [0, 0.05) is 5.69 Å². The fourth-order valence-electron chi connectivity index (χ4n) is 1.82. The zero-order chi connectivity index (χ0) is 11.8. The summed E-state index contributed by atoms with van der Waals surface area (Å²) in [7, 11) is 0. The molecular weight excluding hydrogens is 282 g/mol. The number of rotatable bonds is 1. The number of nitrogens with one attached hydrogen (secondary N) is 1. The smallest absolute Gasteiger partial charge is 0.260 e. The minimum Gasteiger partial charge on any atom is -0.313 e. The third-order valence-corrected chi connectivity index (χ3v) is 3.15. The highest BCUT2D eigenvalue weighted by atomic mass is 79.9. The molecule has 4 nitrogen and oxygen atoms in total. The largest absolute Gasteiger partial charge is 0.313 e. The standard InChI is InChI=1S/C12H8BrN3O/c13-10-6-9-11(14-7-15-12(9)17)16(10)8-4-2-1-3-5-8/h1-7H,(H,14,15,17). The van der Waals surface area contributed by atoms with Crippen LogP contribution in [0.1, 0.15) is 0 Å². The van der Waals surface area contributed by atoms with Crippen molar-refractivity contribution < 1.29 is 0 Å². The van der Waals surface area contributed by atoms with Gasteiger partial charge < -0.3 is 4.98 Å². The molecule has 0 saturated carbocycles. The molecule has 0 aliphatic rings. The first-order chi connectivity index (χ1) is 8.27. The van der Waals surface area contributed by atoms with Crippen LogP contribution in [0.3, 0.4) is 0 Å². The molecule has 0 atom stereocenters. The number of halogens is 1. The lowest BCUT2D eigenvalue weighted by Gasteiger charge is -2.05. The number of hydrogen-bond donors (Lipinski definition) is 1. The van der Waals surface area contributed by atoms with Gasteiger partial charge in [0.05, 0.1) is 16.3 Å². The molecule has 0 unspecified atom stereocenters. The van der Waals surface area contributed by atoms with Gasteiger partial charge in [-0.1, -0.05) is 18.2 Å². The van der Waals surface area contributed by atoms with Gasteiger partial charge >= 0.3 is 0 Å². The average molecular weight is 290 g/mol. The van der Waals surface area contributed by atoms with Gasteiger partial charge in [-0.15, -0.1) is 0 Å². The van der Waals surface area contributed by atoms with Crippen LogP contribution in [-0.4, -0.2) is 14.5 Å². The van der Waals surface area contributed by atoms with Crippen LogP contribution in [0.5, 0.6) is 0 Å². The van der Waals surface area contributed by atoms with E-state index in [0.717, 1.165) is 10.3 Å². The summed E-state index contributed by atoms with van der Waals surface area (Å²) in [5.41, 5.74) is 1.48. The van der Waals surface area contributed by atoms with E-state index < -0.39 is 0 Å². The molecule has 5 heteroatoms. The third-order valence-electron chi connectivity index (χ3n) is 2.57. The fraction of sp³-hybridized carbons (Fsp3) is 0. The van der Waals surface area contributed by atoms with Gasteiger partial charge in [-0.3, -0.25) is 9.36 Å². The highest BCUT2D eigenvalue weighted by Gasteiger charge is 2.11. The number of benzene rings is 1. The van der Waals surface area contributed by atoms with Crippen molar-refractivity contribution in [1.82, 2.24) is 14.5 Å². The molecular formula is C12H8BrN3O. The Labute approximate surface area is 105 Å². The van der Waals surface area contributed by atoms with E-state index in [0.29, 0.717) is 11.0 Å². The topological polar surface area (TPSA) is 50.7 Å². The Hall–Kier alpha value is -1.88. The Morgan fingerprint density at radius 1 is 1.24 bits per heavy atom. The van der Waals surface area contributed by atoms with Gasteiger partial charge in [-0.25, -0.2) is 4.98 Å². The van der Waals surface area contributed by atoms with E-state index in [1.54, 1.807) is 6.07 Å². The lowest BCUT2D eigenvalue weighted by atomic mass is 10.3. The zero-order valence-corrected chi connectivity index (χ0v) is 10.3. The number of H-pyrrole nitrogens is 1. The van der Waals surface area contributed by atoms with Crippen LogP contribution in [0.25, 0.3) is 16.7 Å². The number of fused-ring (bicyclic) bond motifs is 1. The number of aromatic amines is 1. The van der Waals surface area contributed by atoms with Crippen molar-refractivity contribution in [2.24, 2.45) is 0 Å². The van der Waals surface area contributed by atoms with Gasteiger partial charge in [-0.05, 0) is 34.1 Å². The van der Waals surface area contributed by atoms with Crippen molar-refractivity contribution in [3.8, 4) is 5.69 Å². The molecule has 3 aromatic rings. The third kappa shape index (κ3) is 1.59. The first-order valence-electron chi connectivity index (χ1n) is 5.07. The van der Waals surface area contributed by atoms with E-state index in [2.05, 4.69) is 25.9 Å². The second kappa shape index (κ2) is 3.85. The quantitative estimate of drug-likeness (QED) is 0.748. The molecule has 84 valence electrons. The highest BCUT2D eigenvalue weighted by molar-refractivity contribution is 9.10. The first-order valence-corrected chi connectivity index (χ1v) is 5.87. The summed E-state index contributed by atoms with van der Waals surface area (Å²) < 4.78 is 2.70. The average Bonchev–Trinajstić information content (AvgIpc) is 2.68. The van der Waals surface area contributed by atoms with Crippen LogP contribution in [0.4, 0.5) is 0 Å². The maximum atomic E-state index is 11.6. The molecule has 0 amide bonds. The van der Waals surface area contributed by atoms with E-state index in [1.807, 2.05) is 34.9 Å².